The van der Waals surface area contributed by atoms with E-state index in [1.165, 1.54) is 4.90 Å². The number of hydrogen-bond acceptors (Lipinski definition) is 7. The number of nitrogens with zero attached hydrogens (tertiary/aromatic N) is 1. The van der Waals surface area contributed by atoms with Crippen molar-refractivity contribution in [3.8, 4) is 0 Å². The summed E-state index contributed by atoms with van der Waals surface area (Å²) in [5, 5.41) is 47.6. The van der Waals surface area contributed by atoms with Crippen molar-refractivity contribution < 1.29 is 55.1 Å². The van der Waals surface area contributed by atoms with Crippen LogP contribution in [0.25, 0.3) is 0 Å². The number of hydrogen-bond donors (Lipinski definition) is 5. The summed E-state index contributed by atoms with van der Waals surface area (Å²) >= 11 is 9.97. The van der Waals surface area contributed by atoms with Crippen LogP contribution in [0.2, 0.25) is 0 Å². The van der Waals surface area contributed by atoms with Gasteiger partial charge in [0.05, 0.1) is 12.7 Å². The van der Waals surface area contributed by atoms with Crippen molar-refractivity contribution in [2.24, 2.45) is 0 Å². The van der Waals surface area contributed by atoms with E-state index in [1.54, 1.807) is 0 Å². The molecule has 130 valence electrons. The Kier molecular flexibility index (Phi) is 11.8. The number of aliphatic hydroxyl groups is 5. The molecule has 0 aliphatic carbocycles. The fourth-order valence-corrected chi connectivity index (χ4v) is 2.29. The van der Waals surface area contributed by atoms with Gasteiger partial charge in [-0.3, -0.25) is 0 Å². The Morgan fingerprint density at radius 1 is 1.08 bits per heavy atom. The first kappa shape index (κ1) is 24.1. The molecule has 0 fully saturated rings. The summed E-state index contributed by atoms with van der Waals surface area (Å²) in [7, 11) is 0. The molecule has 5 N–H and O–H groups in total. The molecule has 0 aromatic heterocycles. The van der Waals surface area contributed by atoms with Gasteiger partial charge >= 0.3 is 29.6 Å². The minimum atomic E-state index is -1.67. The third-order valence-corrected chi connectivity index (χ3v) is 4.00. The number of aryl methyl sites for hydroxylation is 1. The fraction of sp³-hybridized carbons (Fsp3) is 0.533. The number of thiocarbonyl (C=S) groups is 1. The van der Waals surface area contributed by atoms with Gasteiger partial charge in [0.15, 0.2) is 0 Å². The van der Waals surface area contributed by atoms with Crippen molar-refractivity contribution in [2.45, 2.75) is 37.9 Å². The average Bonchev–Trinajstić information content (AvgIpc) is 2.53. The molecule has 0 spiro atoms. The van der Waals surface area contributed by atoms with Gasteiger partial charge < -0.3 is 55.3 Å². The molecule has 6 nitrogen and oxygen atoms in total. The Balaban J connectivity index is 0.00000529. The van der Waals surface area contributed by atoms with E-state index in [9.17, 15) is 20.4 Å². The molecule has 0 aliphatic rings. The predicted octanol–water partition coefficient (Wildman–Crippen LogP) is -3.93. The third-order valence-electron chi connectivity index (χ3n) is 3.49. The van der Waals surface area contributed by atoms with Gasteiger partial charge in [0.1, 0.15) is 18.3 Å². The van der Waals surface area contributed by atoms with Crippen LogP contribution in [0.4, 0.5) is 0 Å². The van der Waals surface area contributed by atoms with Crippen molar-refractivity contribution in [1.82, 2.24) is 4.90 Å². The van der Waals surface area contributed by atoms with Crippen LogP contribution >= 0.6 is 12.2 Å². The maximum absolute atomic E-state index is 10.0. The van der Waals surface area contributed by atoms with Crippen LogP contribution in [0.5, 0.6) is 0 Å². The van der Waals surface area contributed by atoms with E-state index < -0.39 is 31.0 Å². The molecule has 1 aromatic rings. The summed E-state index contributed by atoms with van der Waals surface area (Å²) in [6.07, 6.45) is -6.24. The van der Waals surface area contributed by atoms with E-state index in [1.807, 2.05) is 31.2 Å². The molecule has 0 saturated heterocycles. The molecule has 24 heavy (non-hydrogen) atoms. The van der Waals surface area contributed by atoms with Gasteiger partial charge in [0, 0.05) is 13.1 Å². The molecular formula is C15H22NNaO5S2. The molecule has 0 aliphatic heterocycles. The molecular weight excluding hydrogens is 361 g/mol. The maximum atomic E-state index is 10.0. The summed E-state index contributed by atoms with van der Waals surface area (Å²) in [6, 6.07) is 7.69. The van der Waals surface area contributed by atoms with Gasteiger partial charge in [-0.25, -0.2) is 0 Å². The number of benzene rings is 1. The van der Waals surface area contributed by atoms with E-state index in [0.29, 0.717) is 6.54 Å². The third kappa shape index (κ3) is 7.57. The van der Waals surface area contributed by atoms with E-state index >= 15 is 0 Å². The van der Waals surface area contributed by atoms with Crippen LogP contribution in [0.1, 0.15) is 11.1 Å². The Hall–Kier alpha value is 0.130. The van der Waals surface area contributed by atoms with E-state index in [4.69, 9.17) is 30.0 Å². The molecule has 9 heteroatoms. The van der Waals surface area contributed by atoms with Gasteiger partial charge in [-0.2, -0.15) is 0 Å². The van der Waals surface area contributed by atoms with Crippen molar-refractivity contribution in [1.29, 1.82) is 0 Å². The SMILES string of the molecule is Cc1ccc(CN(C[C@H](O)[C@@H](O)[C@H](O)[C@H](O)CO)C(=S)[S-])cc1.[Na+]. The molecule has 0 bridgehead atoms. The maximum Gasteiger partial charge on any atom is 1.00 e. The molecule has 1 rings (SSSR count). The first-order valence-corrected chi connectivity index (χ1v) is 7.92. The minimum Gasteiger partial charge on any atom is -0.411 e. The minimum absolute atomic E-state index is 0. The smallest absolute Gasteiger partial charge is 0.411 e. The van der Waals surface area contributed by atoms with E-state index in [2.05, 4.69) is 0 Å². The van der Waals surface area contributed by atoms with Crippen LogP contribution in [0.3, 0.4) is 0 Å². The standard InChI is InChI=1S/C15H23NO5S2.Na/c1-9-2-4-10(5-3-9)6-16(15(22)23)7-11(18)13(20)14(21)12(19)8-17;/h2-5,11-14,17-21H,6-8H2,1H3,(H,22,23);/q;+1/p-1/t11-,12+,13+,14+;/m0./s1. The van der Waals surface area contributed by atoms with E-state index in [-0.39, 0.29) is 40.4 Å². The normalized spacial score (nSPS) is 15.8. The number of aliphatic hydroxyl groups excluding tert-OH is 5. The predicted molar refractivity (Wildman–Crippen MR) is 92.7 cm³/mol. The Labute approximate surface area is 174 Å². The van der Waals surface area contributed by atoms with Crippen molar-refractivity contribution in [3.05, 3.63) is 35.4 Å². The molecule has 0 unspecified atom stereocenters. The summed E-state index contributed by atoms with van der Waals surface area (Å²) in [5.74, 6) is 0. The summed E-state index contributed by atoms with van der Waals surface area (Å²) in [5.41, 5.74) is 2.04. The van der Waals surface area contributed by atoms with Crippen LogP contribution in [-0.2, 0) is 19.2 Å². The Bertz CT molecular complexity index is 505. The van der Waals surface area contributed by atoms with Crippen LogP contribution in [0, 0.1) is 6.92 Å². The average molecular weight is 383 g/mol. The second-order valence-electron chi connectivity index (χ2n) is 5.43. The Morgan fingerprint density at radius 2 is 1.58 bits per heavy atom. The zero-order valence-corrected chi connectivity index (χ0v) is 17.4. The van der Waals surface area contributed by atoms with Crippen LogP contribution in [-0.4, -0.2) is 72.3 Å². The molecule has 0 heterocycles. The van der Waals surface area contributed by atoms with Crippen molar-refractivity contribution in [3.63, 3.8) is 0 Å². The zero-order valence-electron chi connectivity index (χ0n) is 13.7. The van der Waals surface area contributed by atoms with Gasteiger partial charge in [-0.15, -0.1) is 0 Å². The largest absolute Gasteiger partial charge is 1.00 e. The van der Waals surface area contributed by atoms with Gasteiger partial charge in [-0.1, -0.05) is 34.1 Å². The second-order valence-corrected chi connectivity index (χ2v) is 6.46. The molecule has 1 aromatic carbocycles. The first-order chi connectivity index (χ1) is 10.8. The summed E-state index contributed by atoms with van der Waals surface area (Å²) in [4.78, 5) is 1.52. The fourth-order valence-electron chi connectivity index (χ4n) is 2.01. The molecule has 0 radical (unpaired) electrons. The number of rotatable bonds is 8. The zero-order chi connectivity index (χ0) is 17.6. The second kappa shape index (κ2) is 11.7. The summed E-state index contributed by atoms with van der Waals surface area (Å²) < 4.78 is 0.119. The van der Waals surface area contributed by atoms with Gasteiger partial charge in [-0.05, 0) is 12.5 Å². The van der Waals surface area contributed by atoms with Crippen molar-refractivity contribution in [2.75, 3.05) is 13.2 Å². The van der Waals surface area contributed by atoms with Gasteiger partial charge in [0.2, 0.25) is 0 Å². The van der Waals surface area contributed by atoms with Gasteiger partial charge in [0.25, 0.3) is 0 Å². The Morgan fingerprint density at radius 3 is 2.04 bits per heavy atom. The molecule has 0 saturated carbocycles. The van der Waals surface area contributed by atoms with Crippen molar-refractivity contribution >= 4 is 29.2 Å². The molecule has 4 atom stereocenters. The van der Waals surface area contributed by atoms with Crippen LogP contribution < -0.4 is 29.6 Å². The van der Waals surface area contributed by atoms with E-state index in [0.717, 1.165) is 11.1 Å². The quantitative estimate of drug-likeness (QED) is 0.176. The monoisotopic (exact) mass is 383 g/mol. The summed E-state index contributed by atoms with van der Waals surface area (Å²) in [6.45, 7) is 1.49. The first-order valence-electron chi connectivity index (χ1n) is 7.10. The topological polar surface area (TPSA) is 104 Å². The van der Waals surface area contributed by atoms with Crippen LogP contribution in [0.15, 0.2) is 24.3 Å². The molecule has 0 amide bonds.